The fraction of sp³-hybridized carbons (Fsp3) is 0.677. The second-order valence-corrected chi connectivity index (χ2v) is 26.3. The molecule has 36 heteroatoms. The van der Waals surface area contributed by atoms with Crippen LogP contribution in [-0.2, 0) is 99.5 Å². The van der Waals surface area contributed by atoms with Crippen molar-refractivity contribution in [2.45, 2.75) is 152 Å². The van der Waals surface area contributed by atoms with Crippen molar-refractivity contribution in [1.29, 1.82) is 0 Å². The average Bonchev–Trinajstić information content (AvgIpc) is 1.61. The summed E-state index contributed by atoms with van der Waals surface area (Å²) in [5.74, 6) is -12.7. The van der Waals surface area contributed by atoms with E-state index in [9.17, 15) is 72.9 Å². The number of rotatable bonds is 40. The van der Waals surface area contributed by atoms with Crippen LogP contribution >= 0.6 is 11.8 Å². The van der Waals surface area contributed by atoms with Gasteiger partial charge in [0, 0.05) is 74.4 Å². The Labute approximate surface area is 574 Å². The number of carboxylic acids is 1. The molecule has 0 spiro atoms. The number of carboxylic acid groups (broad SMARTS) is 1. The molecule has 17 N–H and O–H groups in total. The van der Waals surface area contributed by atoms with Crippen molar-refractivity contribution in [2.75, 3.05) is 104 Å². The largest absolute Gasteiger partial charge is 0.496 e. The molecule has 4 rings (SSSR count). The summed E-state index contributed by atoms with van der Waals surface area (Å²) in [6, 6.07) is -6.72. The summed E-state index contributed by atoms with van der Waals surface area (Å²) in [6.45, 7) is 8.39. The molecule has 1 aromatic carbocycles. The third-order valence-electron chi connectivity index (χ3n) is 16.3. The summed E-state index contributed by atoms with van der Waals surface area (Å²) in [5.41, 5.74) is 12.6. The number of methoxy groups -OCH3 is 1. The number of aromatic amines is 1. The number of nitrogens with two attached hydrogens (primary N) is 2. The van der Waals surface area contributed by atoms with E-state index in [1.165, 1.54) is 32.7 Å². The smallest absolute Gasteiger partial charge is 0.306 e. The van der Waals surface area contributed by atoms with Crippen molar-refractivity contribution in [3.63, 3.8) is 0 Å². The van der Waals surface area contributed by atoms with Gasteiger partial charge in [-0.1, -0.05) is 41.0 Å². The normalized spacial score (nSPS) is 20.9. The van der Waals surface area contributed by atoms with E-state index in [2.05, 4.69) is 47.5 Å². The van der Waals surface area contributed by atoms with Gasteiger partial charge in [-0.3, -0.25) is 61.7 Å². The van der Waals surface area contributed by atoms with E-state index in [0.29, 0.717) is 80.2 Å². The summed E-state index contributed by atoms with van der Waals surface area (Å²) in [4.78, 5) is 163. The van der Waals surface area contributed by atoms with Crippen molar-refractivity contribution < 1.29 is 106 Å². The lowest BCUT2D eigenvalue weighted by atomic mass is 9.93. The Bertz CT molecular complexity index is 3070. The number of aliphatic hydroxyl groups excluding tert-OH is 3. The second-order valence-electron chi connectivity index (χ2n) is 23.7. The predicted octanol–water partition coefficient (Wildman–Crippen LogP) is -4.04. The first-order chi connectivity index (χ1) is 46.6. The van der Waals surface area contributed by atoms with E-state index in [0.717, 1.165) is 4.90 Å². The zero-order valence-corrected chi connectivity index (χ0v) is 57.9. The lowest BCUT2D eigenvalue weighted by molar-refractivity contribution is -0.144. The highest BCUT2D eigenvalue weighted by molar-refractivity contribution is 7.98. The number of aliphatic carboxylic acids is 1. The van der Waals surface area contributed by atoms with Gasteiger partial charge >= 0.3 is 5.97 Å². The molecule has 3 heterocycles. The maximum absolute atomic E-state index is 15.3. The molecule has 1 fully saturated rings. The van der Waals surface area contributed by atoms with E-state index in [4.69, 9.17) is 40.3 Å². The predicted molar refractivity (Wildman–Crippen MR) is 354 cm³/mol. The third kappa shape index (κ3) is 26.9. The van der Waals surface area contributed by atoms with Crippen LogP contribution in [0.1, 0.15) is 97.1 Å². The minimum atomic E-state index is -2.47. The molecule has 0 saturated carbocycles. The Morgan fingerprint density at radius 1 is 0.806 bits per heavy atom. The number of aliphatic hydroxyl groups is 3. The monoisotopic (exact) mass is 1430 g/mol. The number of carbonyl (C=O) groups excluding carboxylic acids is 11. The van der Waals surface area contributed by atoms with E-state index in [1.807, 2.05) is 0 Å². The standard InChI is InChI=1S/C62H98N12O22S2/c1-7-34(3)52(71-48(79)8-2)58(86)67-29-51(82)68-43-33-98(91)60-39(27-41(55(64)83)69-59(87)53(36(5)45(77)31-75)72-57(85)44-26-37(76)30-74(44)61(88)42(28-47(63)78)70-56(43)84)38-11-12-46(92-6)40(54(38)73-60)32-97-24-10-9-14-65-49(80)13-16-93-18-20-95-22-23-96-21-19-94-17-15-66-50(81)25-35(4)62(89)90/h11-12,34-37,41-45,52-53,73,75-77H,7-10,13-33H2,1-6H3,(H2,63,78)(H2,64,83)(H,65,80)(H,66,81)(H,67,86)(H,68,82)(H,69,87)(H,70,84)(H,71,79)(H,72,85)(H,89,90)/t34-,35?,36-,37+,41-,42-,43-,44-,45-,52-,53-,98?/m0/s1. The van der Waals surface area contributed by atoms with Gasteiger partial charge in [-0.05, 0) is 42.2 Å². The SMILES string of the molecule is CCC(=O)N[C@H](C(=O)NCC(=O)N[C@H]1CS(=O)c2[nH]c3c(CSCCCCNC(=O)CCOCCOCCOCCOCCNC(=O)CC(C)C(=O)O)c(OC)ccc3c2C[C@@H](C(N)=O)NC(=O)[C@H]([C@@H](C)[C@@H](O)CO)NC(=O)[C@@H]2C[C@@H](O)CN2C(=O)[C@H](CC(N)=O)NC1=O)[C@@H](C)CC. The number of primary amides is 2. The zero-order valence-electron chi connectivity index (χ0n) is 56.2. The van der Waals surface area contributed by atoms with Crippen LogP contribution < -0.4 is 58.7 Å². The molecule has 2 aliphatic rings. The van der Waals surface area contributed by atoms with Gasteiger partial charge in [0.2, 0.25) is 65.0 Å². The molecule has 0 aliphatic carbocycles. The van der Waals surface area contributed by atoms with Crippen LogP contribution in [0.2, 0.25) is 0 Å². The third-order valence-corrected chi connectivity index (χ3v) is 18.8. The Morgan fingerprint density at radius 3 is 2.07 bits per heavy atom. The Balaban J connectivity index is 1.53. The van der Waals surface area contributed by atoms with Gasteiger partial charge < -0.3 is 108 Å². The van der Waals surface area contributed by atoms with Crippen LogP contribution in [0.5, 0.6) is 5.75 Å². The molecule has 34 nitrogen and oxygen atoms in total. The molecule has 0 bridgehead atoms. The highest BCUT2D eigenvalue weighted by Gasteiger charge is 2.45. The summed E-state index contributed by atoms with van der Waals surface area (Å²) >= 11 is 1.48. The molecule has 12 atom stereocenters. The highest BCUT2D eigenvalue weighted by Crippen LogP contribution is 2.36. The van der Waals surface area contributed by atoms with Crippen molar-refractivity contribution in [1.82, 2.24) is 52.4 Å². The molecular weight excluding hydrogens is 1330 g/mol. The van der Waals surface area contributed by atoms with Gasteiger partial charge in [-0.15, -0.1) is 0 Å². The van der Waals surface area contributed by atoms with E-state index < -0.39 is 181 Å². The maximum atomic E-state index is 15.3. The van der Waals surface area contributed by atoms with Crippen molar-refractivity contribution in [3.05, 3.63) is 23.3 Å². The summed E-state index contributed by atoms with van der Waals surface area (Å²) < 4.78 is 42.9. The number of unbranched alkanes of at least 4 members (excludes halogenated alkanes) is 1. The van der Waals surface area contributed by atoms with Gasteiger partial charge in [0.15, 0.2) is 0 Å². The Hall–Kier alpha value is -7.58. The minimum absolute atomic E-state index is 0.0545. The van der Waals surface area contributed by atoms with Gasteiger partial charge in [0.25, 0.3) is 0 Å². The highest BCUT2D eigenvalue weighted by atomic mass is 32.2. The molecule has 98 heavy (non-hydrogen) atoms. The molecular formula is C62H98N12O22S2. The number of aromatic nitrogens is 1. The number of thioether (sulfide) groups is 1. The molecule has 2 unspecified atom stereocenters. The zero-order chi connectivity index (χ0) is 72.6. The first-order valence-corrected chi connectivity index (χ1v) is 35.0. The van der Waals surface area contributed by atoms with Crippen LogP contribution in [0.3, 0.4) is 0 Å². The molecule has 1 aromatic heterocycles. The molecule has 550 valence electrons. The van der Waals surface area contributed by atoms with E-state index in [-0.39, 0.29) is 80.4 Å². The van der Waals surface area contributed by atoms with Crippen LogP contribution in [0.25, 0.3) is 10.9 Å². The van der Waals surface area contributed by atoms with Crippen molar-refractivity contribution >= 4 is 104 Å². The fourth-order valence-electron chi connectivity index (χ4n) is 10.4. The Kier molecular flexibility index (Phi) is 36.4. The fourth-order valence-corrected chi connectivity index (χ4v) is 12.8. The van der Waals surface area contributed by atoms with Crippen LogP contribution in [0.4, 0.5) is 0 Å². The number of hydrogen-bond acceptors (Lipinski definition) is 22. The second kappa shape index (κ2) is 43.1. The minimum Gasteiger partial charge on any atom is -0.496 e. The van der Waals surface area contributed by atoms with Gasteiger partial charge in [0.05, 0.1) is 120 Å². The number of fused-ring (bicyclic) bond motifs is 4. The lowest BCUT2D eigenvalue weighted by Crippen LogP contribution is -2.61. The summed E-state index contributed by atoms with van der Waals surface area (Å²) in [6.07, 6.45) is -3.14. The number of benzene rings is 1. The number of H-pyrrole nitrogens is 1. The van der Waals surface area contributed by atoms with Crippen LogP contribution in [0, 0.1) is 17.8 Å². The lowest BCUT2D eigenvalue weighted by Gasteiger charge is -2.32. The molecule has 11 amide bonds. The average molecular weight is 1430 g/mol. The number of carbonyl (C=O) groups is 12. The van der Waals surface area contributed by atoms with Gasteiger partial charge in [-0.25, -0.2) is 0 Å². The van der Waals surface area contributed by atoms with Crippen molar-refractivity contribution in [3.8, 4) is 5.75 Å². The van der Waals surface area contributed by atoms with Gasteiger partial charge in [-0.2, -0.15) is 11.8 Å². The first-order valence-electron chi connectivity index (χ1n) is 32.5. The van der Waals surface area contributed by atoms with Crippen LogP contribution in [-0.4, -0.2) is 258 Å². The van der Waals surface area contributed by atoms with E-state index >= 15 is 4.21 Å². The Morgan fingerprint density at radius 2 is 1.46 bits per heavy atom. The van der Waals surface area contributed by atoms with E-state index in [1.54, 1.807) is 32.9 Å². The number of nitrogens with one attached hydrogen (secondary N) is 9. The molecule has 0 radical (unpaired) electrons. The van der Waals surface area contributed by atoms with Crippen molar-refractivity contribution in [2.24, 2.45) is 29.2 Å². The quantitative estimate of drug-likeness (QED) is 0.0283. The molecule has 1 saturated heterocycles. The molecule has 2 aromatic rings. The summed E-state index contributed by atoms with van der Waals surface area (Å²) in [5, 5.41) is 61.2. The van der Waals surface area contributed by atoms with Gasteiger partial charge in [0.1, 0.15) is 47.0 Å². The topological polar surface area (TPSA) is 516 Å². The van der Waals surface area contributed by atoms with Crippen LogP contribution in [0.15, 0.2) is 17.2 Å². The number of hydrogen-bond donors (Lipinski definition) is 15. The first kappa shape index (κ1) is 82.8. The summed E-state index contributed by atoms with van der Waals surface area (Å²) in [7, 11) is -1.04. The number of nitrogens with zero attached hydrogens (tertiary/aromatic N) is 1. The maximum Gasteiger partial charge on any atom is 0.306 e. The molecule has 2 aliphatic heterocycles. The number of ether oxygens (including phenoxy) is 5. The number of amides is 11.